The third kappa shape index (κ3) is 8.20. The van der Waals surface area contributed by atoms with Crippen LogP contribution in [0.3, 0.4) is 0 Å². The molecule has 2 aromatic rings. The molecule has 1 aliphatic heterocycles. The van der Waals surface area contributed by atoms with Gasteiger partial charge in [0.2, 0.25) is 0 Å². The zero-order valence-electron chi connectivity index (χ0n) is 17.4. The van der Waals surface area contributed by atoms with Crippen molar-refractivity contribution in [3.8, 4) is 0 Å². The van der Waals surface area contributed by atoms with Gasteiger partial charge in [-0.05, 0) is 37.0 Å². The van der Waals surface area contributed by atoms with Gasteiger partial charge in [-0.1, -0.05) is 42.5 Å². The topological polar surface area (TPSA) is 54.9 Å². The van der Waals surface area contributed by atoms with E-state index in [-0.39, 0.29) is 29.8 Å². The molecule has 1 heterocycles. The van der Waals surface area contributed by atoms with Crippen molar-refractivity contribution in [3.05, 3.63) is 71.0 Å². The van der Waals surface area contributed by atoms with Gasteiger partial charge >= 0.3 is 0 Å². The fourth-order valence-corrected chi connectivity index (χ4v) is 3.13. The highest BCUT2D eigenvalue weighted by molar-refractivity contribution is 14.0. The maximum Gasteiger partial charge on any atom is 0.191 e. The standard InChI is InChI=1S/C23H30FN3O2.HI/c1-2-25-23(27-16-20-5-3-4-6-22(20)24)26-15-18-7-9-19(10-8-18)17-29-21-11-13-28-14-12-21;/h3-10,21H,2,11-17H2,1H3,(H2,25,26,27);1H. The second kappa shape index (κ2) is 13.6. The molecule has 3 rings (SSSR count). The van der Waals surface area contributed by atoms with Gasteiger partial charge in [0.15, 0.2) is 5.96 Å². The molecule has 0 amide bonds. The number of ether oxygens (including phenoxy) is 2. The lowest BCUT2D eigenvalue weighted by atomic mass is 10.1. The van der Waals surface area contributed by atoms with Crippen molar-refractivity contribution in [2.45, 2.75) is 45.6 Å². The Bertz CT molecular complexity index is 780. The van der Waals surface area contributed by atoms with Crippen LogP contribution in [0.5, 0.6) is 0 Å². The maximum atomic E-state index is 13.8. The summed E-state index contributed by atoms with van der Waals surface area (Å²) in [4.78, 5) is 4.60. The molecular weight excluding hydrogens is 496 g/mol. The van der Waals surface area contributed by atoms with Gasteiger partial charge in [-0.15, -0.1) is 24.0 Å². The van der Waals surface area contributed by atoms with E-state index in [9.17, 15) is 4.39 Å². The summed E-state index contributed by atoms with van der Waals surface area (Å²) in [5, 5.41) is 6.38. The summed E-state index contributed by atoms with van der Waals surface area (Å²) >= 11 is 0. The van der Waals surface area contributed by atoms with Crippen molar-refractivity contribution in [1.29, 1.82) is 0 Å². The molecule has 0 aromatic heterocycles. The zero-order chi connectivity index (χ0) is 20.3. The highest BCUT2D eigenvalue weighted by atomic mass is 127. The Morgan fingerprint density at radius 2 is 1.77 bits per heavy atom. The van der Waals surface area contributed by atoms with Crippen LogP contribution in [0.15, 0.2) is 53.5 Å². The lowest BCUT2D eigenvalue weighted by Gasteiger charge is -2.22. The van der Waals surface area contributed by atoms with Gasteiger partial charge in [-0.3, -0.25) is 0 Å². The Morgan fingerprint density at radius 1 is 1.07 bits per heavy atom. The highest BCUT2D eigenvalue weighted by Crippen LogP contribution is 2.14. The van der Waals surface area contributed by atoms with Crippen molar-refractivity contribution in [2.75, 3.05) is 19.8 Å². The van der Waals surface area contributed by atoms with Gasteiger partial charge in [0.05, 0.1) is 19.3 Å². The summed E-state index contributed by atoms with van der Waals surface area (Å²) in [7, 11) is 0. The third-order valence-electron chi connectivity index (χ3n) is 4.85. The fraction of sp³-hybridized carbons (Fsp3) is 0.435. The van der Waals surface area contributed by atoms with Crippen LogP contribution in [0.2, 0.25) is 0 Å². The maximum absolute atomic E-state index is 13.8. The molecular formula is C23H31FIN3O2. The van der Waals surface area contributed by atoms with Crippen LogP contribution >= 0.6 is 24.0 Å². The second-order valence-electron chi connectivity index (χ2n) is 7.08. The molecule has 0 aliphatic carbocycles. The lowest BCUT2D eigenvalue weighted by Crippen LogP contribution is -2.37. The van der Waals surface area contributed by atoms with E-state index in [1.54, 1.807) is 12.1 Å². The average Bonchev–Trinajstić information content (AvgIpc) is 2.76. The molecule has 0 radical (unpaired) electrons. The molecule has 164 valence electrons. The first-order valence-electron chi connectivity index (χ1n) is 10.3. The number of halogens is 2. The first-order valence-corrected chi connectivity index (χ1v) is 10.3. The molecule has 0 bridgehead atoms. The first kappa shape index (κ1) is 24.6. The van der Waals surface area contributed by atoms with E-state index in [0.29, 0.717) is 37.3 Å². The fourth-order valence-electron chi connectivity index (χ4n) is 3.13. The SMILES string of the molecule is CCNC(=NCc1ccc(COC2CCOCC2)cc1)NCc1ccccc1F.I. The number of guanidine groups is 1. The van der Waals surface area contributed by atoms with E-state index >= 15 is 0 Å². The molecule has 0 unspecified atom stereocenters. The smallest absolute Gasteiger partial charge is 0.191 e. The summed E-state index contributed by atoms with van der Waals surface area (Å²) in [5.74, 6) is 0.456. The van der Waals surface area contributed by atoms with Gasteiger partial charge in [-0.2, -0.15) is 0 Å². The van der Waals surface area contributed by atoms with E-state index in [4.69, 9.17) is 9.47 Å². The number of hydrogen-bond acceptors (Lipinski definition) is 3. The molecule has 0 atom stereocenters. The molecule has 1 fully saturated rings. The van der Waals surface area contributed by atoms with Crippen LogP contribution in [-0.2, 0) is 29.2 Å². The van der Waals surface area contributed by atoms with Crippen LogP contribution < -0.4 is 10.6 Å². The minimum absolute atomic E-state index is 0. The summed E-state index contributed by atoms with van der Waals surface area (Å²) in [5.41, 5.74) is 2.89. The Kier molecular flexibility index (Phi) is 11.1. The quantitative estimate of drug-likeness (QED) is 0.304. The molecule has 30 heavy (non-hydrogen) atoms. The van der Waals surface area contributed by atoms with Crippen LogP contribution in [0.1, 0.15) is 36.5 Å². The Hall–Kier alpha value is -1.71. The third-order valence-corrected chi connectivity index (χ3v) is 4.85. The van der Waals surface area contributed by atoms with Crippen molar-refractivity contribution < 1.29 is 13.9 Å². The Labute approximate surface area is 195 Å². The largest absolute Gasteiger partial charge is 0.381 e. The molecule has 1 aliphatic rings. The van der Waals surface area contributed by atoms with E-state index in [2.05, 4.69) is 39.9 Å². The molecule has 5 nitrogen and oxygen atoms in total. The van der Waals surface area contributed by atoms with Crippen molar-refractivity contribution in [3.63, 3.8) is 0 Å². The summed E-state index contributed by atoms with van der Waals surface area (Å²) < 4.78 is 25.1. The van der Waals surface area contributed by atoms with Crippen LogP contribution in [0.25, 0.3) is 0 Å². The van der Waals surface area contributed by atoms with Crippen molar-refractivity contribution >= 4 is 29.9 Å². The number of rotatable bonds is 8. The zero-order valence-corrected chi connectivity index (χ0v) is 19.7. The number of hydrogen-bond donors (Lipinski definition) is 2. The van der Waals surface area contributed by atoms with Gasteiger partial charge in [0.1, 0.15) is 5.82 Å². The number of aliphatic imine (C=N–C) groups is 1. The molecule has 0 spiro atoms. The van der Waals surface area contributed by atoms with Crippen LogP contribution in [-0.4, -0.2) is 31.8 Å². The summed E-state index contributed by atoms with van der Waals surface area (Å²) in [6.45, 7) is 5.90. The van der Waals surface area contributed by atoms with Crippen LogP contribution in [0, 0.1) is 5.82 Å². The molecule has 1 saturated heterocycles. The minimum atomic E-state index is -0.214. The monoisotopic (exact) mass is 527 g/mol. The van der Waals surface area contributed by atoms with E-state index in [0.717, 1.165) is 43.7 Å². The average molecular weight is 527 g/mol. The molecule has 2 aromatic carbocycles. The lowest BCUT2D eigenvalue weighted by molar-refractivity contribution is -0.0390. The van der Waals surface area contributed by atoms with Gasteiger partial charge in [0, 0.05) is 31.9 Å². The van der Waals surface area contributed by atoms with E-state index in [1.165, 1.54) is 6.07 Å². The summed E-state index contributed by atoms with van der Waals surface area (Å²) in [6, 6.07) is 15.1. The van der Waals surface area contributed by atoms with Gasteiger partial charge < -0.3 is 20.1 Å². The second-order valence-corrected chi connectivity index (χ2v) is 7.08. The predicted octanol–water partition coefficient (Wildman–Crippen LogP) is 4.39. The normalized spacial score (nSPS) is 14.8. The Balaban J connectivity index is 0.00000320. The first-order chi connectivity index (χ1) is 14.2. The van der Waals surface area contributed by atoms with Gasteiger partial charge in [-0.25, -0.2) is 9.38 Å². The summed E-state index contributed by atoms with van der Waals surface area (Å²) in [6.07, 6.45) is 2.25. The van der Waals surface area contributed by atoms with E-state index < -0.39 is 0 Å². The number of nitrogens with zero attached hydrogens (tertiary/aromatic N) is 1. The molecule has 0 saturated carbocycles. The predicted molar refractivity (Wildman–Crippen MR) is 129 cm³/mol. The van der Waals surface area contributed by atoms with Crippen LogP contribution in [0.4, 0.5) is 4.39 Å². The van der Waals surface area contributed by atoms with Crippen molar-refractivity contribution in [2.24, 2.45) is 4.99 Å². The minimum Gasteiger partial charge on any atom is -0.381 e. The molecule has 2 N–H and O–H groups in total. The van der Waals surface area contributed by atoms with Crippen molar-refractivity contribution in [1.82, 2.24) is 10.6 Å². The highest BCUT2D eigenvalue weighted by Gasteiger charge is 2.13. The number of benzene rings is 2. The van der Waals surface area contributed by atoms with Gasteiger partial charge in [0.25, 0.3) is 0 Å². The Morgan fingerprint density at radius 3 is 2.47 bits per heavy atom. The van der Waals surface area contributed by atoms with E-state index in [1.807, 2.05) is 13.0 Å². The number of nitrogens with one attached hydrogen (secondary N) is 2. The molecule has 7 heteroatoms.